The lowest BCUT2D eigenvalue weighted by atomic mass is 10.00. The van der Waals surface area contributed by atoms with Gasteiger partial charge in [0.05, 0.1) is 0 Å². The van der Waals surface area contributed by atoms with Crippen LogP contribution in [0.1, 0.15) is 24.4 Å². The first kappa shape index (κ1) is 13.0. The molecule has 3 heteroatoms. The first-order chi connectivity index (χ1) is 9.22. The molecule has 1 nitrogen and oxygen atoms in total. The van der Waals surface area contributed by atoms with E-state index in [2.05, 4.69) is 29.6 Å². The molecule has 1 heterocycles. The van der Waals surface area contributed by atoms with Crippen molar-refractivity contribution in [2.75, 3.05) is 6.54 Å². The molecule has 1 saturated heterocycles. The van der Waals surface area contributed by atoms with Gasteiger partial charge in [0.15, 0.2) is 0 Å². The SMILES string of the molecule is Clc1cc(Cl)cc(-c2ccc(C3CCCN3)cc2)c1. The fraction of sp³-hybridized carbons (Fsp3) is 0.250. The first-order valence-corrected chi connectivity index (χ1v) is 7.28. The molecule has 3 rings (SSSR count). The first-order valence-electron chi connectivity index (χ1n) is 6.52. The molecule has 2 aromatic rings. The molecule has 0 amide bonds. The number of halogens is 2. The zero-order valence-electron chi connectivity index (χ0n) is 10.5. The highest BCUT2D eigenvalue weighted by molar-refractivity contribution is 6.35. The van der Waals surface area contributed by atoms with Crippen molar-refractivity contribution >= 4 is 23.2 Å². The molecule has 98 valence electrons. The Morgan fingerprint density at radius 2 is 1.58 bits per heavy atom. The Bertz CT molecular complexity index is 552. The average Bonchev–Trinajstić information content (AvgIpc) is 2.91. The van der Waals surface area contributed by atoms with Gasteiger partial charge in [-0.3, -0.25) is 0 Å². The maximum Gasteiger partial charge on any atom is 0.0426 e. The van der Waals surface area contributed by atoms with Crippen LogP contribution in [-0.4, -0.2) is 6.54 Å². The van der Waals surface area contributed by atoms with Crippen LogP contribution in [0, 0.1) is 0 Å². The highest BCUT2D eigenvalue weighted by atomic mass is 35.5. The fourth-order valence-electron chi connectivity index (χ4n) is 2.60. The Hall–Kier alpha value is -1.02. The summed E-state index contributed by atoms with van der Waals surface area (Å²) in [4.78, 5) is 0. The zero-order valence-corrected chi connectivity index (χ0v) is 12.0. The number of benzene rings is 2. The van der Waals surface area contributed by atoms with E-state index >= 15 is 0 Å². The Labute approximate surface area is 123 Å². The van der Waals surface area contributed by atoms with E-state index in [-0.39, 0.29) is 0 Å². The minimum atomic E-state index is 0.511. The fourth-order valence-corrected chi connectivity index (χ4v) is 3.12. The van der Waals surface area contributed by atoms with E-state index in [1.54, 1.807) is 6.07 Å². The van der Waals surface area contributed by atoms with E-state index in [1.165, 1.54) is 18.4 Å². The van der Waals surface area contributed by atoms with Crippen LogP contribution in [0.2, 0.25) is 10.0 Å². The quantitative estimate of drug-likeness (QED) is 0.813. The number of hydrogen-bond acceptors (Lipinski definition) is 1. The van der Waals surface area contributed by atoms with Gasteiger partial charge < -0.3 is 5.32 Å². The van der Waals surface area contributed by atoms with Crippen LogP contribution < -0.4 is 5.32 Å². The molecule has 0 bridgehead atoms. The summed E-state index contributed by atoms with van der Waals surface area (Å²) in [7, 11) is 0. The van der Waals surface area contributed by atoms with Gasteiger partial charge in [-0.05, 0) is 54.3 Å². The van der Waals surface area contributed by atoms with Gasteiger partial charge in [0.2, 0.25) is 0 Å². The van der Waals surface area contributed by atoms with Gasteiger partial charge in [-0.25, -0.2) is 0 Å². The molecule has 1 N–H and O–H groups in total. The highest BCUT2D eigenvalue weighted by Gasteiger charge is 2.15. The van der Waals surface area contributed by atoms with Gasteiger partial charge in [-0.1, -0.05) is 47.5 Å². The summed E-state index contributed by atoms with van der Waals surface area (Å²) in [5.74, 6) is 0. The lowest BCUT2D eigenvalue weighted by Crippen LogP contribution is -2.12. The average molecular weight is 292 g/mol. The van der Waals surface area contributed by atoms with E-state index < -0.39 is 0 Å². The van der Waals surface area contributed by atoms with Crippen LogP contribution in [-0.2, 0) is 0 Å². The molecule has 2 aromatic carbocycles. The van der Waals surface area contributed by atoms with Gasteiger partial charge in [-0.15, -0.1) is 0 Å². The van der Waals surface area contributed by atoms with E-state index in [9.17, 15) is 0 Å². The monoisotopic (exact) mass is 291 g/mol. The van der Waals surface area contributed by atoms with Gasteiger partial charge >= 0.3 is 0 Å². The summed E-state index contributed by atoms with van der Waals surface area (Å²) in [5.41, 5.74) is 3.56. The molecule has 0 spiro atoms. The second kappa shape index (κ2) is 5.54. The summed E-state index contributed by atoms with van der Waals surface area (Å²) in [6.07, 6.45) is 2.48. The third kappa shape index (κ3) is 2.94. The van der Waals surface area contributed by atoms with Gasteiger partial charge in [0.25, 0.3) is 0 Å². The van der Waals surface area contributed by atoms with Crippen LogP contribution in [0.4, 0.5) is 0 Å². The van der Waals surface area contributed by atoms with Crippen LogP contribution >= 0.6 is 23.2 Å². The number of rotatable bonds is 2. The van der Waals surface area contributed by atoms with Crippen molar-refractivity contribution in [3.05, 3.63) is 58.1 Å². The summed E-state index contributed by atoms with van der Waals surface area (Å²) >= 11 is 12.1. The second-order valence-electron chi connectivity index (χ2n) is 4.93. The smallest absolute Gasteiger partial charge is 0.0426 e. The molecular weight excluding hydrogens is 277 g/mol. The third-order valence-electron chi connectivity index (χ3n) is 3.57. The van der Waals surface area contributed by atoms with Crippen molar-refractivity contribution in [2.45, 2.75) is 18.9 Å². The molecule has 0 saturated carbocycles. The molecule has 0 aromatic heterocycles. The maximum absolute atomic E-state index is 6.04. The predicted octanol–water partition coefficient (Wildman–Crippen LogP) is 5.08. The minimum Gasteiger partial charge on any atom is -0.310 e. The van der Waals surface area contributed by atoms with Crippen LogP contribution in [0.25, 0.3) is 11.1 Å². The standard InChI is InChI=1S/C16H15Cl2N/c17-14-8-13(9-15(18)10-14)11-3-5-12(6-4-11)16-2-1-7-19-16/h3-6,8-10,16,19H,1-2,7H2. The lowest BCUT2D eigenvalue weighted by Gasteiger charge is -2.11. The van der Waals surface area contributed by atoms with Crippen molar-refractivity contribution in [1.29, 1.82) is 0 Å². The maximum atomic E-state index is 6.04. The topological polar surface area (TPSA) is 12.0 Å². The van der Waals surface area contributed by atoms with Crippen molar-refractivity contribution in [1.82, 2.24) is 5.32 Å². The molecule has 0 aliphatic carbocycles. The Morgan fingerprint density at radius 3 is 2.16 bits per heavy atom. The van der Waals surface area contributed by atoms with Gasteiger partial charge in [0, 0.05) is 16.1 Å². The van der Waals surface area contributed by atoms with E-state index in [1.807, 2.05) is 12.1 Å². The molecule has 0 radical (unpaired) electrons. The molecule has 1 atom stereocenters. The minimum absolute atomic E-state index is 0.511. The van der Waals surface area contributed by atoms with Gasteiger partial charge in [-0.2, -0.15) is 0 Å². The van der Waals surface area contributed by atoms with Gasteiger partial charge in [0.1, 0.15) is 0 Å². The zero-order chi connectivity index (χ0) is 13.2. The number of nitrogens with one attached hydrogen (secondary N) is 1. The van der Waals surface area contributed by atoms with E-state index in [0.29, 0.717) is 16.1 Å². The lowest BCUT2D eigenvalue weighted by molar-refractivity contribution is 0.648. The van der Waals surface area contributed by atoms with Crippen LogP contribution in [0.5, 0.6) is 0 Å². The highest BCUT2D eigenvalue weighted by Crippen LogP contribution is 2.29. The summed E-state index contributed by atoms with van der Waals surface area (Å²) < 4.78 is 0. The summed E-state index contributed by atoms with van der Waals surface area (Å²) in [5, 5.41) is 4.85. The van der Waals surface area contributed by atoms with E-state index in [0.717, 1.165) is 17.7 Å². The summed E-state index contributed by atoms with van der Waals surface area (Å²) in [6, 6.07) is 14.8. The van der Waals surface area contributed by atoms with E-state index in [4.69, 9.17) is 23.2 Å². The Balaban J connectivity index is 1.89. The van der Waals surface area contributed by atoms with Crippen molar-refractivity contribution in [3.8, 4) is 11.1 Å². The van der Waals surface area contributed by atoms with Crippen LogP contribution in [0.15, 0.2) is 42.5 Å². The Morgan fingerprint density at radius 1 is 0.895 bits per heavy atom. The molecule has 1 aliphatic heterocycles. The molecule has 1 unspecified atom stereocenters. The van der Waals surface area contributed by atoms with Crippen molar-refractivity contribution in [2.24, 2.45) is 0 Å². The number of hydrogen-bond donors (Lipinski definition) is 1. The summed E-state index contributed by atoms with van der Waals surface area (Å²) in [6.45, 7) is 1.12. The largest absolute Gasteiger partial charge is 0.310 e. The molecule has 19 heavy (non-hydrogen) atoms. The predicted molar refractivity (Wildman–Crippen MR) is 81.9 cm³/mol. The normalized spacial score (nSPS) is 18.7. The second-order valence-corrected chi connectivity index (χ2v) is 5.80. The third-order valence-corrected chi connectivity index (χ3v) is 4.01. The van der Waals surface area contributed by atoms with Crippen LogP contribution in [0.3, 0.4) is 0 Å². The molecule has 1 fully saturated rings. The van der Waals surface area contributed by atoms with Crippen molar-refractivity contribution in [3.63, 3.8) is 0 Å². The Kier molecular flexibility index (Phi) is 3.79. The molecule has 1 aliphatic rings. The van der Waals surface area contributed by atoms with Crippen molar-refractivity contribution < 1.29 is 0 Å². The molecular formula is C16H15Cl2N.